The Kier molecular flexibility index (Phi) is 12.3. The molecular formula is C62H56. The van der Waals surface area contributed by atoms with Crippen LogP contribution in [0.2, 0.25) is 0 Å². The number of hydrogen-bond acceptors (Lipinski definition) is 0. The van der Waals surface area contributed by atoms with Gasteiger partial charge in [-0.2, -0.15) is 0 Å². The van der Waals surface area contributed by atoms with E-state index in [1.165, 1.54) is 72.0 Å². The van der Waals surface area contributed by atoms with E-state index in [2.05, 4.69) is 272 Å². The van der Waals surface area contributed by atoms with Crippen molar-refractivity contribution in [1.29, 1.82) is 0 Å². The number of rotatable bonds is 10. The quantitative estimate of drug-likeness (QED) is 0.121. The van der Waals surface area contributed by atoms with Crippen molar-refractivity contribution >= 4 is 58.4 Å². The van der Waals surface area contributed by atoms with Crippen molar-refractivity contribution < 1.29 is 0 Å². The SMILES string of the molecule is CC(C)(C)c1ccc(C(=Cc2ccccc2C=Cc2ccc3ccccc3c2C=Cc2ccccc2C=C(c2ccccc2)c2ccc(C(C)(C)C)cc2)c2ccccc2)cc1. The summed E-state index contributed by atoms with van der Waals surface area (Å²) in [5.41, 5.74) is 17.1. The molecule has 0 spiro atoms. The third-order valence-electron chi connectivity index (χ3n) is 11.8. The van der Waals surface area contributed by atoms with E-state index in [0.29, 0.717) is 0 Å². The molecule has 0 bridgehead atoms. The molecule has 0 aliphatic heterocycles. The molecule has 8 aromatic carbocycles. The van der Waals surface area contributed by atoms with Crippen molar-refractivity contribution in [1.82, 2.24) is 0 Å². The molecule has 0 unspecified atom stereocenters. The highest BCUT2D eigenvalue weighted by molar-refractivity contribution is 5.99. The van der Waals surface area contributed by atoms with E-state index in [1.54, 1.807) is 0 Å². The van der Waals surface area contributed by atoms with Gasteiger partial charge in [-0.05, 0) is 112 Å². The maximum Gasteiger partial charge on any atom is -0.0105 e. The van der Waals surface area contributed by atoms with Gasteiger partial charge in [-0.3, -0.25) is 0 Å². The lowest BCUT2D eigenvalue weighted by molar-refractivity contribution is 0.590. The van der Waals surface area contributed by atoms with Gasteiger partial charge in [-0.1, -0.05) is 260 Å². The summed E-state index contributed by atoms with van der Waals surface area (Å²) in [6, 6.07) is 70.3. The largest absolute Gasteiger partial charge is 0.0622 e. The zero-order valence-electron chi connectivity index (χ0n) is 36.9. The van der Waals surface area contributed by atoms with Gasteiger partial charge in [0.25, 0.3) is 0 Å². The second-order valence-corrected chi connectivity index (χ2v) is 18.2. The molecule has 304 valence electrons. The van der Waals surface area contributed by atoms with Crippen LogP contribution in [0.5, 0.6) is 0 Å². The average Bonchev–Trinajstić information content (AvgIpc) is 3.29. The summed E-state index contributed by atoms with van der Waals surface area (Å²) in [4.78, 5) is 0. The molecule has 0 saturated carbocycles. The molecule has 0 fully saturated rings. The second-order valence-electron chi connectivity index (χ2n) is 18.2. The smallest absolute Gasteiger partial charge is 0.0105 e. The summed E-state index contributed by atoms with van der Waals surface area (Å²) in [6.45, 7) is 13.6. The molecule has 0 heteroatoms. The zero-order valence-corrected chi connectivity index (χ0v) is 36.9. The lowest BCUT2D eigenvalue weighted by Gasteiger charge is -2.20. The van der Waals surface area contributed by atoms with Gasteiger partial charge >= 0.3 is 0 Å². The highest BCUT2D eigenvalue weighted by Crippen LogP contribution is 2.34. The first-order valence-corrected chi connectivity index (χ1v) is 21.8. The van der Waals surface area contributed by atoms with Gasteiger partial charge in [0.2, 0.25) is 0 Å². The normalized spacial score (nSPS) is 12.7. The Bertz CT molecular complexity index is 2900. The summed E-state index contributed by atoms with van der Waals surface area (Å²) in [7, 11) is 0. The average molecular weight is 801 g/mol. The Morgan fingerprint density at radius 1 is 0.306 bits per heavy atom. The Morgan fingerprint density at radius 2 is 0.677 bits per heavy atom. The van der Waals surface area contributed by atoms with Crippen LogP contribution in [0.1, 0.15) is 108 Å². The van der Waals surface area contributed by atoms with Gasteiger partial charge in [0.05, 0.1) is 0 Å². The predicted molar refractivity (Wildman–Crippen MR) is 272 cm³/mol. The van der Waals surface area contributed by atoms with Crippen molar-refractivity contribution in [3.8, 4) is 0 Å². The van der Waals surface area contributed by atoms with Crippen LogP contribution < -0.4 is 0 Å². The summed E-state index contributed by atoms with van der Waals surface area (Å²) in [6.07, 6.45) is 13.8. The van der Waals surface area contributed by atoms with Gasteiger partial charge in [-0.25, -0.2) is 0 Å². The first kappa shape index (κ1) is 41.7. The number of fused-ring (bicyclic) bond motifs is 1. The summed E-state index contributed by atoms with van der Waals surface area (Å²) >= 11 is 0. The standard InChI is InChI=1S/C62H56/c1-61(2,3)55-38-33-51(34-39-55)59(47-21-9-7-10-22-47)43-53-26-15-13-19-45(53)29-30-50-32-31-49-25-17-18-28-57(49)58(50)42-37-46-20-14-16-27-54(46)44-60(48-23-11-8-12-24-48)52-35-40-56(41-36-52)62(4,5)6/h7-44H,1-6H3. The van der Waals surface area contributed by atoms with Gasteiger partial charge in [0.1, 0.15) is 0 Å². The molecule has 0 aliphatic rings. The fourth-order valence-electron chi connectivity index (χ4n) is 8.10. The molecular weight excluding hydrogens is 745 g/mol. The monoisotopic (exact) mass is 800 g/mol. The summed E-state index contributed by atoms with van der Waals surface area (Å²) in [5, 5.41) is 2.44. The Balaban J connectivity index is 1.18. The molecule has 0 aromatic heterocycles. The molecule has 62 heavy (non-hydrogen) atoms. The predicted octanol–water partition coefficient (Wildman–Crippen LogP) is 17.0. The third-order valence-corrected chi connectivity index (χ3v) is 11.8. The Hall–Kier alpha value is -7.02. The number of hydrogen-bond donors (Lipinski definition) is 0. The molecule has 0 amide bonds. The maximum absolute atomic E-state index is 2.35. The molecule has 8 aromatic rings. The second kappa shape index (κ2) is 18.3. The first-order valence-electron chi connectivity index (χ1n) is 21.8. The lowest BCUT2D eigenvalue weighted by atomic mass is 9.85. The number of benzene rings is 8. The minimum atomic E-state index is 0.0912. The lowest BCUT2D eigenvalue weighted by Crippen LogP contribution is -2.10. The summed E-state index contributed by atoms with van der Waals surface area (Å²) in [5.74, 6) is 0. The molecule has 0 radical (unpaired) electrons. The van der Waals surface area contributed by atoms with Crippen molar-refractivity contribution in [3.05, 3.63) is 261 Å². The van der Waals surface area contributed by atoms with E-state index in [1.807, 2.05) is 0 Å². The van der Waals surface area contributed by atoms with Crippen molar-refractivity contribution in [2.45, 2.75) is 52.4 Å². The fraction of sp³-hybridized carbons (Fsp3) is 0.129. The van der Waals surface area contributed by atoms with Crippen LogP contribution in [0.3, 0.4) is 0 Å². The van der Waals surface area contributed by atoms with Gasteiger partial charge in [0.15, 0.2) is 0 Å². The van der Waals surface area contributed by atoms with Gasteiger partial charge in [0, 0.05) is 0 Å². The van der Waals surface area contributed by atoms with Crippen LogP contribution in [0.25, 0.3) is 58.4 Å². The highest BCUT2D eigenvalue weighted by atomic mass is 14.2. The van der Waals surface area contributed by atoms with Crippen molar-refractivity contribution in [3.63, 3.8) is 0 Å². The minimum Gasteiger partial charge on any atom is -0.0622 e. The Morgan fingerprint density at radius 3 is 1.15 bits per heavy atom. The first-order chi connectivity index (χ1) is 30.0. The molecule has 8 rings (SSSR count). The van der Waals surface area contributed by atoms with Crippen LogP contribution in [-0.4, -0.2) is 0 Å². The van der Waals surface area contributed by atoms with E-state index in [0.717, 1.165) is 16.7 Å². The molecule has 0 aliphatic carbocycles. The minimum absolute atomic E-state index is 0.0912. The van der Waals surface area contributed by atoms with Crippen LogP contribution in [-0.2, 0) is 10.8 Å². The van der Waals surface area contributed by atoms with Crippen LogP contribution in [0, 0.1) is 0 Å². The Labute approximate surface area is 370 Å². The fourth-order valence-corrected chi connectivity index (χ4v) is 8.10. The molecule has 0 atom stereocenters. The van der Waals surface area contributed by atoms with Gasteiger partial charge in [-0.15, -0.1) is 0 Å². The van der Waals surface area contributed by atoms with Crippen LogP contribution in [0.4, 0.5) is 0 Å². The van der Waals surface area contributed by atoms with E-state index >= 15 is 0 Å². The van der Waals surface area contributed by atoms with E-state index in [4.69, 9.17) is 0 Å². The maximum atomic E-state index is 2.35. The highest BCUT2D eigenvalue weighted by Gasteiger charge is 2.16. The van der Waals surface area contributed by atoms with Crippen LogP contribution >= 0.6 is 0 Å². The molecule has 0 nitrogen and oxygen atoms in total. The summed E-state index contributed by atoms with van der Waals surface area (Å²) < 4.78 is 0. The topological polar surface area (TPSA) is 0 Å². The zero-order chi connectivity index (χ0) is 43.1. The molecule has 0 N–H and O–H groups in total. The van der Waals surface area contributed by atoms with Crippen molar-refractivity contribution in [2.75, 3.05) is 0 Å². The van der Waals surface area contributed by atoms with Gasteiger partial charge < -0.3 is 0 Å². The van der Waals surface area contributed by atoms with Crippen molar-refractivity contribution in [2.24, 2.45) is 0 Å². The molecule has 0 heterocycles. The van der Waals surface area contributed by atoms with Crippen LogP contribution in [0.15, 0.2) is 194 Å². The van der Waals surface area contributed by atoms with E-state index in [9.17, 15) is 0 Å². The van der Waals surface area contributed by atoms with E-state index in [-0.39, 0.29) is 10.8 Å². The van der Waals surface area contributed by atoms with E-state index < -0.39 is 0 Å². The third kappa shape index (κ3) is 9.78. The molecule has 0 saturated heterocycles.